The molecule has 0 aliphatic carbocycles. The highest BCUT2D eigenvalue weighted by Crippen LogP contribution is 2.37. The van der Waals surface area contributed by atoms with Crippen molar-refractivity contribution < 1.29 is 4.74 Å². The van der Waals surface area contributed by atoms with Crippen molar-refractivity contribution in [2.24, 2.45) is 0 Å². The molecule has 92 valence electrons. The number of benzene rings is 1. The highest BCUT2D eigenvalue weighted by Gasteiger charge is 2.19. The zero-order chi connectivity index (χ0) is 11.7. The van der Waals surface area contributed by atoms with Gasteiger partial charge in [0.25, 0.3) is 0 Å². The molecular weight excluding hydrogens is 212 g/mol. The first kappa shape index (κ1) is 10.8. The van der Waals surface area contributed by atoms with Crippen LogP contribution in [0.5, 0.6) is 5.75 Å². The summed E-state index contributed by atoms with van der Waals surface area (Å²) >= 11 is 0. The zero-order valence-electron chi connectivity index (χ0n) is 10.5. The molecule has 17 heavy (non-hydrogen) atoms. The second-order valence-electron chi connectivity index (χ2n) is 4.91. The maximum atomic E-state index is 5.54. The molecule has 2 aliphatic rings. The number of nitrogens with zero attached hydrogens (tertiary/aromatic N) is 1. The van der Waals surface area contributed by atoms with E-state index in [0.29, 0.717) is 0 Å². The van der Waals surface area contributed by atoms with Gasteiger partial charge in [-0.2, -0.15) is 0 Å². The van der Waals surface area contributed by atoms with Gasteiger partial charge in [0.1, 0.15) is 5.75 Å². The van der Waals surface area contributed by atoms with Crippen LogP contribution >= 0.6 is 0 Å². The van der Waals surface area contributed by atoms with Crippen molar-refractivity contribution in [1.82, 2.24) is 0 Å². The SMILES string of the molecule is COc1cc2c(cc1N1CCCCC1)CCN2. The molecule has 2 aliphatic heterocycles. The molecule has 0 unspecified atom stereocenters. The summed E-state index contributed by atoms with van der Waals surface area (Å²) in [5.41, 5.74) is 3.98. The van der Waals surface area contributed by atoms with Gasteiger partial charge < -0.3 is 15.0 Å². The van der Waals surface area contributed by atoms with Gasteiger partial charge in [0.15, 0.2) is 0 Å². The molecular formula is C14H20N2O. The predicted octanol–water partition coefficient (Wildman–Crippen LogP) is 2.65. The van der Waals surface area contributed by atoms with Crippen LogP contribution in [-0.2, 0) is 6.42 Å². The van der Waals surface area contributed by atoms with E-state index in [0.717, 1.165) is 18.7 Å². The van der Waals surface area contributed by atoms with Gasteiger partial charge >= 0.3 is 0 Å². The van der Waals surface area contributed by atoms with Crippen LogP contribution < -0.4 is 15.0 Å². The lowest BCUT2D eigenvalue weighted by molar-refractivity contribution is 0.413. The van der Waals surface area contributed by atoms with Crippen LogP contribution in [0.2, 0.25) is 0 Å². The molecule has 1 aromatic carbocycles. The molecule has 3 heteroatoms. The summed E-state index contributed by atoms with van der Waals surface area (Å²) in [7, 11) is 1.77. The summed E-state index contributed by atoms with van der Waals surface area (Å²) in [4.78, 5) is 2.47. The first-order valence-corrected chi connectivity index (χ1v) is 6.58. The minimum absolute atomic E-state index is 1.01. The summed E-state index contributed by atoms with van der Waals surface area (Å²) in [5, 5.41) is 3.41. The van der Waals surface area contributed by atoms with E-state index >= 15 is 0 Å². The first-order valence-electron chi connectivity index (χ1n) is 6.58. The van der Waals surface area contributed by atoms with E-state index in [4.69, 9.17) is 4.74 Å². The fourth-order valence-corrected chi connectivity index (χ4v) is 2.86. The Balaban J connectivity index is 1.96. The quantitative estimate of drug-likeness (QED) is 0.848. The number of hydrogen-bond acceptors (Lipinski definition) is 3. The molecule has 1 aromatic rings. The van der Waals surface area contributed by atoms with Gasteiger partial charge in [-0.3, -0.25) is 0 Å². The summed E-state index contributed by atoms with van der Waals surface area (Å²) in [6.45, 7) is 3.40. The molecule has 1 saturated heterocycles. The number of hydrogen-bond donors (Lipinski definition) is 1. The average Bonchev–Trinajstić information content (AvgIpc) is 2.85. The van der Waals surface area contributed by atoms with E-state index in [1.807, 2.05) is 0 Å². The topological polar surface area (TPSA) is 24.5 Å². The summed E-state index contributed by atoms with van der Waals surface area (Å²) < 4.78 is 5.54. The van der Waals surface area contributed by atoms with E-state index in [-0.39, 0.29) is 0 Å². The normalized spacial score (nSPS) is 18.8. The van der Waals surface area contributed by atoms with Crippen LogP contribution in [0, 0.1) is 0 Å². The van der Waals surface area contributed by atoms with Gasteiger partial charge in [-0.05, 0) is 37.3 Å². The van der Waals surface area contributed by atoms with Crippen molar-refractivity contribution in [1.29, 1.82) is 0 Å². The number of ether oxygens (including phenoxy) is 1. The van der Waals surface area contributed by atoms with Crippen LogP contribution in [0.4, 0.5) is 11.4 Å². The van der Waals surface area contributed by atoms with Crippen LogP contribution in [0.25, 0.3) is 0 Å². The smallest absolute Gasteiger partial charge is 0.144 e. The Morgan fingerprint density at radius 1 is 1.18 bits per heavy atom. The molecule has 1 fully saturated rings. The summed E-state index contributed by atoms with van der Waals surface area (Å²) in [6, 6.07) is 4.48. The van der Waals surface area contributed by atoms with Crippen molar-refractivity contribution in [3.63, 3.8) is 0 Å². The maximum absolute atomic E-state index is 5.54. The molecule has 3 nitrogen and oxygen atoms in total. The third-order valence-electron chi connectivity index (χ3n) is 3.81. The van der Waals surface area contributed by atoms with Crippen LogP contribution in [0.15, 0.2) is 12.1 Å². The van der Waals surface area contributed by atoms with Crippen molar-refractivity contribution in [3.05, 3.63) is 17.7 Å². The minimum Gasteiger partial charge on any atom is -0.495 e. The summed E-state index contributed by atoms with van der Waals surface area (Å²) in [6.07, 6.45) is 5.11. The zero-order valence-corrected chi connectivity index (χ0v) is 10.5. The molecule has 2 heterocycles. The van der Waals surface area contributed by atoms with E-state index in [9.17, 15) is 0 Å². The lowest BCUT2D eigenvalue weighted by Crippen LogP contribution is -2.29. The van der Waals surface area contributed by atoms with Crippen LogP contribution in [0.3, 0.4) is 0 Å². The second kappa shape index (κ2) is 4.47. The molecule has 0 atom stereocenters. The Morgan fingerprint density at radius 2 is 2.00 bits per heavy atom. The van der Waals surface area contributed by atoms with Crippen molar-refractivity contribution in [2.75, 3.05) is 37.0 Å². The lowest BCUT2D eigenvalue weighted by Gasteiger charge is -2.30. The van der Waals surface area contributed by atoms with Gasteiger partial charge in [0, 0.05) is 31.4 Å². The maximum Gasteiger partial charge on any atom is 0.144 e. The molecule has 3 rings (SSSR count). The van der Waals surface area contributed by atoms with Gasteiger partial charge in [0.2, 0.25) is 0 Å². The lowest BCUT2D eigenvalue weighted by atomic mass is 10.1. The highest BCUT2D eigenvalue weighted by molar-refractivity contribution is 5.70. The van der Waals surface area contributed by atoms with Gasteiger partial charge in [-0.25, -0.2) is 0 Å². The number of fused-ring (bicyclic) bond motifs is 1. The molecule has 0 aromatic heterocycles. The largest absolute Gasteiger partial charge is 0.495 e. The van der Waals surface area contributed by atoms with Crippen molar-refractivity contribution >= 4 is 11.4 Å². The van der Waals surface area contributed by atoms with Gasteiger partial charge in [-0.15, -0.1) is 0 Å². The summed E-state index contributed by atoms with van der Waals surface area (Å²) in [5.74, 6) is 1.01. The Bertz CT molecular complexity index is 411. The van der Waals surface area contributed by atoms with E-state index in [2.05, 4.69) is 22.3 Å². The van der Waals surface area contributed by atoms with E-state index < -0.39 is 0 Å². The van der Waals surface area contributed by atoms with Crippen molar-refractivity contribution in [3.8, 4) is 5.75 Å². The van der Waals surface area contributed by atoms with E-state index in [1.165, 1.54) is 49.3 Å². The fraction of sp³-hybridized carbons (Fsp3) is 0.571. The number of piperidine rings is 1. The Morgan fingerprint density at radius 3 is 2.76 bits per heavy atom. The second-order valence-corrected chi connectivity index (χ2v) is 4.91. The van der Waals surface area contributed by atoms with Crippen molar-refractivity contribution in [2.45, 2.75) is 25.7 Å². The molecule has 0 saturated carbocycles. The molecule has 0 amide bonds. The Hall–Kier alpha value is -1.38. The first-order chi connectivity index (χ1) is 8.38. The van der Waals surface area contributed by atoms with Crippen LogP contribution in [0.1, 0.15) is 24.8 Å². The fourth-order valence-electron chi connectivity index (χ4n) is 2.86. The average molecular weight is 232 g/mol. The van der Waals surface area contributed by atoms with Crippen LogP contribution in [-0.4, -0.2) is 26.7 Å². The Kier molecular flexibility index (Phi) is 2.83. The molecule has 0 bridgehead atoms. The minimum atomic E-state index is 1.01. The van der Waals surface area contributed by atoms with Gasteiger partial charge in [0.05, 0.1) is 12.8 Å². The predicted molar refractivity (Wildman–Crippen MR) is 71.3 cm³/mol. The third kappa shape index (κ3) is 1.94. The van der Waals surface area contributed by atoms with Gasteiger partial charge in [-0.1, -0.05) is 0 Å². The standard InChI is InChI=1S/C14H20N2O/c1-17-14-10-12-11(5-6-15-12)9-13(14)16-7-3-2-4-8-16/h9-10,15H,2-8H2,1H3. The Labute approximate surface area is 103 Å². The molecule has 0 radical (unpaired) electrons. The number of methoxy groups -OCH3 is 1. The number of nitrogens with one attached hydrogen (secondary N) is 1. The number of anilines is 2. The molecule has 0 spiro atoms. The highest BCUT2D eigenvalue weighted by atomic mass is 16.5. The number of rotatable bonds is 2. The third-order valence-corrected chi connectivity index (χ3v) is 3.81. The van der Waals surface area contributed by atoms with E-state index in [1.54, 1.807) is 7.11 Å². The monoisotopic (exact) mass is 232 g/mol. The molecule has 1 N–H and O–H groups in total.